The molecule has 0 bridgehead atoms. The van der Waals surface area contributed by atoms with Gasteiger partial charge in [-0.1, -0.05) is 83.0 Å². The summed E-state index contributed by atoms with van der Waals surface area (Å²) in [5, 5.41) is 25.8. The normalized spacial score (nSPS) is 13.2. The number of alkyl carbamates (subject to hydrolysis) is 1. The summed E-state index contributed by atoms with van der Waals surface area (Å²) in [7, 11) is 3.07. The molecule has 364 valence electrons. The minimum atomic E-state index is -1.22. The number of aliphatic hydroxyl groups excluding tert-OH is 1. The van der Waals surface area contributed by atoms with E-state index in [4.69, 9.17) is 9.47 Å². The van der Waals surface area contributed by atoms with Crippen molar-refractivity contribution < 1.29 is 43.3 Å². The van der Waals surface area contributed by atoms with E-state index in [1.54, 1.807) is 52.1 Å². The van der Waals surface area contributed by atoms with Gasteiger partial charge in [-0.05, 0) is 94.4 Å². The molecule has 4 atom stereocenters. The molecule has 6 N–H and O–H groups in total. The van der Waals surface area contributed by atoms with Gasteiger partial charge in [-0.15, -0.1) is 0 Å². The van der Waals surface area contributed by atoms with Crippen molar-refractivity contribution in [3.05, 3.63) is 65.7 Å². The first-order valence-electron chi connectivity index (χ1n) is 23.5. The lowest BCUT2D eigenvalue weighted by molar-refractivity contribution is -0.141. The van der Waals surface area contributed by atoms with E-state index in [1.807, 2.05) is 44.2 Å². The monoisotopic (exact) mass is 909 g/mol. The smallest absolute Gasteiger partial charge is 0.408 e. The maximum absolute atomic E-state index is 14.4. The summed E-state index contributed by atoms with van der Waals surface area (Å²) < 4.78 is 10.8. The van der Waals surface area contributed by atoms with E-state index in [1.165, 1.54) is 11.9 Å². The van der Waals surface area contributed by atoms with E-state index in [0.717, 1.165) is 43.2 Å². The molecule has 0 aliphatic heterocycles. The number of nitrogens with one attached hydrogen (secondary N) is 5. The number of hydrogen-bond acceptors (Lipinski definition) is 9. The highest BCUT2D eigenvalue weighted by molar-refractivity contribution is 5.92. The average molecular weight is 909 g/mol. The third-order valence-electron chi connectivity index (χ3n) is 10.7. The molecule has 0 fully saturated rings. The molecule has 15 heteroatoms. The molecule has 0 saturated carbocycles. The highest BCUT2D eigenvalue weighted by atomic mass is 16.6. The van der Waals surface area contributed by atoms with Gasteiger partial charge in [0.15, 0.2) is 0 Å². The number of methoxy groups -OCH3 is 1. The highest BCUT2D eigenvalue weighted by Gasteiger charge is 2.35. The number of likely N-dealkylation sites (N-methyl/N-ethyl adjacent to an activating group) is 1. The Labute approximate surface area is 388 Å². The third kappa shape index (κ3) is 24.6. The minimum absolute atomic E-state index is 0.0192. The van der Waals surface area contributed by atoms with Crippen molar-refractivity contribution in [3.8, 4) is 5.75 Å². The minimum Gasteiger partial charge on any atom is -0.497 e. The first-order chi connectivity index (χ1) is 30.8. The number of rotatable bonds is 30. The molecule has 0 aliphatic rings. The molecule has 0 aromatic heterocycles. The topological polar surface area (TPSA) is 204 Å². The molecule has 2 aromatic rings. The summed E-state index contributed by atoms with van der Waals surface area (Å²) in [6.45, 7) is 15.0. The molecule has 0 unspecified atom stereocenters. The van der Waals surface area contributed by atoms with Crippen LogP contribution in [0.1, 0.15) is 130 Å². The van der Waals surface area contributed by atoms with Gasteiger partial charge in [-0.2, -0.15) is 0 Å². The number of ether oxygens (including phenoxy) is 2. The number of carbonyl (C=O) groups is 6. The molecule has 0 spiro atoms. The van der Waals surface area contributed by atoms with Gasteiger partial charge in [0.1, 0.15) is 23.4 Å². The van der Waals surface area contributed by atoms with Gasteiger partial charge in [0.2, 0.25) is 29.5 Å². The summed E-state index contributed by atoms with van der Waals surface area (Å²) >= 11 is 0. The molecule has 6 amide bonds. The van der Waals surface area contributed by atoms with Crippen LogP contribution >= 0.6 is 0 Å². The Hall–Kier alpha value is -5.18. The van der Waals surface area contributed by atoms with Crippen molar-refractivity contribution in [2.24, 2.45) is 11.8 Å². The van der Waals surface area contributed by atoms with Gasteiger partial charge in [-0.3, -0.25) is 24.0 Å². The summed E-state index contributed by atoms with van der Waals surface area (Å²) in [6, 6.07) is 13.4. The van der Waals surface area contributed by atoms with Crippen LogP contribution in [-0.2, 0) is 41.6 Å². The first-order valence-corrected chi connectivity index (χ1v) is 23.5. The second-order valence-electron chi connectivity index (χ2n) is 18.8. The van der Waals surface area contributed by atoms with Gasteiger partial charge in [-0.25, -0.2) is 4.79 Å². The fraction of sp³-hybridized carbons (Fsp3) is 0.640. The van der Waals surface area contributed by atoms with Crippen LogP contribution in [0.4, 0.5) is 4.79 Å². The number of carbonyl (C=O) groups excluding carboxylic acids is 6. The number of unbranched alkanes of at least 4 members (excludes halogenated alkanes) is 4. The fourth-order valence-corrected chi connectivity index (χ4v) is 7.10. The Bertz CT molecular complexity index is 1730. The highest BCUT2D eigenvalue weighted by Crippen LogP contribution is 2.18. The second kappa shape index (κ2) is 30.1. The number of amides is 6. The van der Waals surface area contributed by atoms with E-state index in [0.29, 0.717) is 63.4 Å². The standard InChI is InChI=1S/C50H80N6O9/c1-35(2)27-30-53-45(59)22-16-11-17-28-51-44(58)21-15-12-18-29-52-46(60)34-43(57)40(31-36(3)4)54-47(61)42(33-37-19-13-10-14-20-37)56(8)48(62)41(55-49(63)65-50(5,6)7)32-38-23-25-39(64-9)26-24-38/h10,13-14,19-20,23-26,35-36,40-43,57H,11-12,15-18,21-22,27-34H2,1-9H3,(H,51,58)(H,52,60)(H,53,59)(H,54,61)(H,55,63)/t40-,41+,42+,43-/m1/s1. The Morgan fingerprint density at radius 2 is 1.23 bits per heavy atom. The number of hydrogen-bond donors (Lipinski definition) is 6. The van der Waals surface area contributed by atoms with E-state index in [-0.39, 0.29) is 42.9 Å². The average Bonchev–Trinajstić information content (AvgIpc) is 3.23. The van der Waals surface area contributed by atoms with Crippen LogP contribution in [0.25, 0.3) is 0 Å². The maximum Gasteiger partial charge on any atom is 0.408 e. The predicted molar refractivity (Wildman–Crippen MR) is 254 cm³/mol. The lowest BCUT2D eigenvalue weighted by Crippen LogP contribution is -2.58. The van der Waals surface area contributed by atoms with E-state index < -0.39 is 47.7 Å². The summed E-state index contributed by atoms with van der Waals surface area (Å²) in [5.41, 5.74) is 0.717. The van der Waals surface area contributed by atoms with Crippen LogP contribution in [-0.4, -0.2) is 109 Å². The molecule has 2 aromatic carbocycles. The summed E-state index contributed by atoms with van der Waals surface area (Å²) in [5.74, 6) is -0.111. The zero-order valence-electron chi connectivity index (χ0n) is 40.6. The van der Waals surface area contributed by atoms with Gasteiger partial charge in [0.25, 0.3) is 0 Å². The number of benzene rings is 2. The fourth-order valence-electron chi connectivity index (χ4n) is 7.10. The van der Waals surface area contributed by atoms with Gasteiger partial charge >= 0.3 is 6.09 Å². The Balaban J connectivity index is 1.98. The van der Waals surface area contributed by atoms with Crippen LogP contribution in [0.5, 0.6) is 5.75 Å². The first kappa shape index (κ1) is 56.0. The molecule has 0 heterocycles. The summed E-state index contributed by atoms with van der Waals surface area (Å²) in [6.07, 6.45) is 4.77. The molecular weight excluding hydrogens is 829 g/mol. The zero-order chi connectivity index (χ0) is 48.4. The van der Waals surface area contributed by atoms with Crippen molar-refractivity contribution in [2.45, 2.75) is 162 Å². The van der Waals surface area contributed by atoms with Crippen molar-refractivity contribution >= 4 is 35.6 Å². The van der Waals surface area contributed by atoms with Gasteiger partial charge in [0.05, 0.1) is 25.7 Å². The van der Waals surface area contributed by atoms with Crippen LogP contribution in [0.3, 0.4) is 0 Å². The molecule has 2 rings (SSSR count). The van der Waals surface area contributed by atoms with Crippen molar-refractivity contribution in [2.75, 3.05) is 33.8 Å². The Kier molecular flexibility index (Phi) is 25.9. The van der Waals surface area contributed by atoms with Crippen molar-refractivity contribution in [1.82, 2.24) is 31.5 Å². The number of nitrogens with zero attached hydrogens (tertiary/aromatic N) is 1. The molecule has 65 heavy (non-hydrogen) atoms. The number of aliphatic hydroxyl groups is 1. The van der Waals surface area contributed by atoms with Crippen LogP contribution in [0.2, 0.25) is 0 Å². The van der Waals surface area contributed by atoms with Crippen LogP contribution in [0.15, 0.2) is 54.6 Å². The Morgan fingerprint density at radius 3 is 1.77 bits per heavy atom. The van der Waals surface area contributed by atoms with Crippen LogP contribution < -0.4 is 31.3 Å². The third-order valence-corrected chi connectivity index (χ3v) is 10.7. The summed E-state index contributed by atoms with van der Waals surface area (Å²) in [4.78, 5) is 80.3. The van der Waals surface area contributed by atoms with Crippen molar-refractivity contribution in [3.63, 3.8) is 0 Å². The van der Waals surface area contributed by atoms with E-state index in [9.17, 15) is 33.9 Å². The lowest BCUT2D eigenvalue weighted by atomic mass is 9.95. The maximum atomic E-state index is 14.4. The molecule has 0 aliphatic carbocycles. The second-order valence-corrected chi connectivity index (χ2v) is 18.8. The van der Waals surface area contributed by atoms with Gasteiger partial charge in [0, 0.05) is 52.4 Å². The molecular formula is C50H80N6O9. The zero-order valence-corrected chi connectivity index (χ0v) is 40.6. The van der Waals surface area contributed by atoms with Gasteiger partial charge < -0.3 is 46.1 Å². The Morgan fingerprint density at radius 1 is 0.677 bits per heavy atom. The largest absolute Gasteiger partial charge is 0.497 e. The predicted octanol–water partition coefficient (Wildman–Crippen LogP) is 6.00. The molecule has 15 nitrogen and oxygen atoms in total. The molecule has 0 radical (unpaired) electrons. The SMILES string of the molecule is COc1ccc(C[C@H](NC(=O)OC(C)(C)C)C(=O)N(C)[C@@H](Cc2ccccc2)C(=O)N[C@H](CC(C)C)[C@H](O)CC(=O)NCCCCCC(=O)NCCCCCC(=O)NCCC(C)C)cc1. The van der Waals surface area contributed by atoms with Crippen LogP contribution in [0, 0.1) is 11.8 Å². The van der Waals surface area contributed by atoms with E-state index in [2.05, 4.69) is 40.4 Å². The van der Waals surface area contributed by atoms with Crippen molar-refractivity contribution in [1.29, 1.82) is 0 Å². The quantitative estimate of drug-likeness (QED) is 0.0509. The molecule has 0 saturated heterocycles. The van der Waals surface area contributed by atoms with E-state index >= 15 is 0 Å². The lowest BCUT2D eigenvalue weighted by Gasteiger charge is -2.33.